The van der Waals surface area contributed by atoms with Gasteiger partial charge >= 0.3 is 0 Å². The van der Waals surface area contributed by atoms with E-state index in [0.717, 1.165) is 11.3 Å². The number of amidine groups is 1. The first kappa shape index (κ1) is 19.2. The Kier molecular flexibility index (Phi) is 6.29. The molecule has 140 valence electrons. The summed E-state index contributed by atoms with van der Waals surface area (Å²) in [4.78, 5) is 12.2. The summed E-state index contributed by atoms with van der Waals surface area (Å²) in [5.41, 5.74) is 3.29. The van der Waals surface area contributed by atoms with Gasteiger partial charge in [0.15, 0.2) is 5.17 Å². The lowest BCUT2D eigenvalue weighted by Gasteiger charge is -2.08. The number of rotatable bonds is 6. The van der Waals surface area contributed by atoms with Gasteiger partial charge in [0, 0.05) is 0 Å². The fourth-order valence-electron chi connectivity index (χ4n) is 2.68. The van der Waals surface area contributed by atoms with Crippen LogP contribution >= 0.6 is 11.8 Å². The summed E-state index contributed by atoms with van der Waals surface area (Å²) in [6.07, 6.45) is 2.49. The van der Waals surface area contributed by atoms with E-state index in [4.69, 9.17) is 4.74 Å². The van der Waals surface area contributed by atoms with Crippen LogP contribution in [0.3, 0.4) is 0 Å². The molecule has 1 atom stereocenters. The molecular formula is C21H23N3O2S. The van der Waals surface area contributed by atoms with Gasteiger partial charge in [-0.2, -0.15) is 5.10 Å². The molecular weight excluding hydrogens is 358 g/mol. The van der Waals surface area contributed by atoms with Crippen LogP contribution in [0, 0.1) is 6.92 Å². The van der Waals surface area contributed by atoms with Crippen LogP contribution in [0.15, 0.2) is 58.7 Å². The maximum absolute atomic E-state index is 12.2. The van der Waals surface area contributed by atoms with Crippen molar-refractivity contribution in [2.45, 2.75) is 38.5 Å². The first-order valence-electron chi connectivity index (χ1n) is 8.91. The average Bonchev–Trinajstić information content (AvgIpc) is 2.97. The maximum Gasteiger partial charge on any atom is 0.239 e. The van der Waals surface area contributed by atoms with Crippen LogP contribution in [-0.2, 0) is 11.2 Å². The molecule has 0 aromatic heterocycles. The minimum atomic E-state index is -0.174. The van der Waals surface area contributed by atoms with Crippen molar-refractivity contribution in [3.8, 4) is 5.75 Å². The lowest BCUT2D eigenvalue weighted by atomic mass is 10.0. The molecule has 0 spiro atoms. The standard InChI is InChI=1S/C21H23N3O2S/c1-14(2)26-18-10-8-16(9-11-18)13-22-24-21-23-20(25)19(27-21)12-17-7-5-4-6-15(17)3/h4-11,13-14,19H,12H2,1-3H3,(H,23,24,25)/b22-13+. The van der Waals surface area contributed by atoms with Gasteiger partial charge < -0.3 is 10.1 Å². The Bertz CT molecular complexity index is 860. The SMILES string of the molecule is Cc1ccccc1CC1S/C(=N/N=C/c2ccc(OC(C)C)cc2)NC1=O. The lowest BCUT2D eigenvalue weighted by Crippen LogP contribution is -2.26. The number of hydrogen-bond donors (Lipinski definition) is 1. The van der Waals surface area contributed by atoms with E-state index < -0.39 is 0 Å². The third-order valence-electron chi connectivity index (χ3n) is 4.05. The summed E-state index contributed by atoms with van der Waals surface area (Å²) < 4.78 is 5.61. The van der Waals surface area contributed by atoms with Crippen molar-refractivity contribution in [3.05, 3.63) is 65.2 Å². The number of aryl methyl sites for hydroxylation is 1. The predicted molar refractivity (Wildman–Crippen MR) is 112 cm³/mol. The zero-order chi connectivity index (χ0) is 19.2. The van der Waals surface area contributed by atoms with Crippen molar-refractivity contribution in [2.75, 3.05) is 0 Å². The van der Waals surface area contributed by atoms with E-state index in [0.29, 0.717) is 11.6 Å². The number of ether oxygens (including phenoxy) is 1. The minimum absolute atomic E-state index is 0.0209. The molecule has 1 amide bonds. The highest BCUT2D eigenvalue weighted by molar-refractivity contribution is 8.15. The first-order chi connectivity index (χ1) is 13.0. The van der Waals surface area contributed by atoms with E-state index in [1.54, 1.807) is 6.21 Å². The molecule has 0 radical (unpaired) electrons. The molecule has 2 aromatic rings. The van der Waals surface area contributed by atoms with E-state index in [9.17, 15) is 4.79 Å². The highest BCUT2D eigenvalue weighted by Crippen LogP contribution is 2.24. The van der Waals surface area contributed by atoms with Gasteiger partial charge in [-0.15, -0.1) is 5.10 Å². The van der Waals surface area contributed by atoms with Gasteiger partial charge in [0.1, 0.15) is 5.75 Å². The number of carbonyl (C=O) groups excluding carboxylic acids is 1. The molecule has 27 heavy (non-hydrogen) atoms. The molecule has 1 aliphatic rings. The molecule has 0 bridgehead atoms. The van der Waals surface area contributed by atoms with Crippen molar-refractivity contribution < 1.29 is 9.53 Å². The molecule has 5 nitrogen and oxygen atoms in total. The molecule has 1 N–H and O–H groups in total. The average molecular weight is 382 g/mol. The monoisotopic (exact) mass is 381 g/mol. The van der Waals surface area contributed by atoms with E-state index >= 15 is 0 Å². The van der Waals surface area contributed by atoms with E-state index in [2.05, 4.69) is 34.6 Å². The maximum atomic E-state index is 12.2. The number of amides is 1. The number of nitrogens with zero attached hydrogens (tertiary/aromatic N) is 2. The van der Waals surface area contributed by atoms with Crippen LogP contribution in [0.25, 0.3) is 0 Å². The summed E-state index contributed by atoms with van der Waals surface area (Å²) in [6, 6.07) is 15.8. The Morgan fingerprint density at radius 1 is 1.19 bits per heavy atom. The van der Waals surface area contributed by atoms with E-state index in [1.165, 1.54) is 22.9 Å². The number of thioether (sulfide) groups is 1. The highest BCUT2D eigenvalue weighted by atomic mass is 32.2. The lowest BCUT2D eigenvalue weighted by molar-refractivity contribution is -0.118. The fraction of sp³-hybridized carbons (Fsp3) is 0.286. The topological polar surface area (TPSA) is 63.1 Å². The largest absolute Gasteiger partial charge is 0.491 e. The molecule has 1 fully saturated rings. The Morgan fingerprint density at radius 3 is 2.63 bits per heavy atom. The van der Waals surface area contributed by atoms with Gasteiger partial charge in [0.2, 0.25) is 5.91 Å². The zero-order valence-electron chi connectivity index (χ0n) is 15.7. The molecule has 1 aliphatic heterocycles. The third-order valence-corrected chi connectivity index (χ3v) is 5.12. The summed E-state index contributed by atoms with van der Waals surface area (Å²) >= 11 is 1.42. The van der Waals surface area contributed by atoms with Crippen LogP contribution in [0.2, 0.25) is 0 Å². The Morgan fingerprint density at radius 2 is 1.93 bits per heavy atom. The quantitative estimate of drug-likeness (QED) is 0.609. The van der Waals surface area contributed by atoms with Crippen LogP contribution in [0.4, 0.5) is 0 Å². The number of nitrogens with one attached hydrogen (secondary N) is 1. The predicted octanol–water partition coefficient (Wildman–Crippen LogP) is 3.95. The molecule has 1 heterocycles. The van der Waals surface area contributed by atoms with Gasteiger partial charge in [-0.05, 0) is 68.1 Å². The third kappa shape index (κ3) is 5.44. The summed E-state index contributed by atoms with van der Waals surface area (Å²) in [6.45, 7) is 6.04. The summed E-state index contributed by atoms with van der Waals surface area (Å²) in [5, 5.41) is 11.4. The van der Waals surface area contributed by atoms with Crippen molar-refractivity contribution in [1.82, 2.24) is 5.32 Å². The molecule has 0 saturated carbocycles. The van der Waals surface area contributed by atoms with Crippen molar-refractivity contribution in [1.29, 1.82) is 0 Å². The molecule has 1 unspecified atom stereocenters. The van der Waals surface area contributed by atoms with Crippen LogP contribution < -0.4 is 10.1 Å². The van der Waals surface area contributed by atoms with Crippen molar-refractivity contribution >= 4 is 29.1 Å². The smallest absolute Gasteiger partial charge is 0.239 e. The van der Waals surface area contributed by atoms with Gasteiger partial charge in [-0.1, -0.05) is 36.0 Å². The molecule has 2 aromatic carbocycles. The number of carbonyl (C=O) groups is 1. The molecule has 6 heteroatoms. The van der Waals surface area contributed by atoms with Crippen LogP contribution in [0.5, 0.6) is 5.75 Å². The second-order valence-corrected chi connectivity index (χ2v) is 7.80. The molecule has 0 aliphatic carbocycles. The Labute approximate surface area is 163 Å². The highest BCUT2D eigenvalue weighted by Gasteiger charge is 2.30. The zero-order valence-corrected chi connectivity index (χ0v) is 16.5. The van der Waals surface area contributed by atoms with Crippen molar-refractivity contribution in [3.63, 3.8) is 0 Å². The van der Waals surface area contributed by atoms with Gasteiger partial charge in [-0.25, -0.2) is 0 Å². The number of benzene rings is 2. The summed E-state index contributed by atoms with van der Waals surface area (Å²) in [5.74, 6) is 0.804. The Hall–Kier alpha value is -2.60. The molecule has 1 saturated heterocycles. The van der Waals surface area contributed by atoms with Gasteiger partial charge in [0.05, 0.1) is 17.6 Å². The normalized spacial score (nSPS) is 18.4. The van der Waals surface area contributed by atoms with E-state index in [1.807, 2.05) is 50.2 Å². The molecule has 3 rings (SSSR count). The van der Waals surface area contributed by atoms with Crippen LogP contribution in [-0.4, -0.2) is 28.6 Å². The fourth-order valence-corrected chi connectivity index (χ4v) is 3.63. The second-order valence-electron chi connectivity index (χ2n) is 6.61. The van der Waals surface area contributed by atoms with E-state index in [-0.39, 0.29) is 17.3 Å². The minimum Gasteiger partial charge on any atom is -0.491 e. The number of hydrogen-bond acceptors (Lipinski definition) is 5. The summed E-state index contributed by atoms with van der Waals surface area (Å²) in [7, 11) is 0. The Balaban J connectivity index is 1.59. The second kappa shape index (κ2) is 8.86. The van der Waals surface area contributed by atoms with Gasteiger partial charge in [0.25, 0.3) is 0 Å². The van der Waals surface area contributed by atoms with Crippen LogP contribution in [0.1, 0.15) is 30.5 Å². The van der Waals surface area contributed by atoms with Gasteiger partial charge in [-0.3, -0.25) is 4.79 Å². The van der Waals surface area contributed by atoms with Crippen molar-refractivity contribution in [2.24, 2.45) is 10.2 Å². The first-order valence-corrected chi connectivity index (χ1v) is 9.79.